The summed E-state index contributed by atoms with van der Waals surface area (Å²) in [4.78, 5) is 11.7. The summed E-state index contributed by atoms with van der Waals surface area (Å²) in [6.07, 6.45) is 1.33. The molecule has 0 bridgehead atoms. The Morgan fingerprint density at radius 1 is 1.43 bits per heavy atom. The Morgan fingerprint density at radius 2 is 2.19 bits per heavy atom. The van der Waals surface area contributed by atoms with Crippen molar-refractivity contribution in [3.8, 4) is 6.07 Å². The summed E-state index contributed by atoms with van der Waals surface area (Å²) >= 11 is 0. The van der Waals surface area contributed by atoms with Gasteiger partial charge in [-0.05, 0) is 18.4 Å². The number of carbonyl (C=O) groups excluding carboxylic acids is 1. The molecule has 0 atom stereocenters. The van der Waals surface area contributed by atoms with Gasteiger partial charge in [0.05, 0.1) is 0 Å². The minimum absolute atomic E-state index is 0.0532. The van der Waals surface area contributed by atoms with Crippen molar-refractivity contribution in [1.29, 1.82) is 5.26 Å². The molecule has 2 aromatic rings. The highest BCUT2D eigenvalue weighted by molar-refractivity contribution is 5.84. The molecule has 0 radical (unpaired) electrons. The lowest BCUT2D eigenvalue weighted by Gasteiger charge is -2.04. The molecule has 6 heteroatoms. The van der Waals surface area contributed by atoms with E-state index >= 15 is 0 Å². The molecule has 1 aromatic heterocycles. The van der Waals surface area contributed by atoms with E-state index in [1.165, 1.54) is 0 Å². The van der Waals surface area contributed by atoms with Crippen molar-refractivity contribution in [1.82, 2.24) is 5.16 Å². The van der Waals surface area contributed by atoms with Crippen LogP contribution >= 0.6 is 0 Å². The van der Waals surface area contributed by atoms with Gasteiger partial charge in [0.1, 0.15) is 23.9 Å². The quantitative estimate of drug-likeness (QED) is 0.931. The van der Waals surface area contributed by atoms with Crippen LogP contribution in [0.3, 0.4) is 0 Å². The normalized spacial score (nSPS) is 13.5. The number of anilines is 1. The van der Waals surface area contributed by atoms with Gasteiger partial charge in [-0.15, -0.1) is 0 Å². The van der Waals surface area contributed by atoms with Crippen LogP contribution in [0.4, 0.5) is 10.7 Å². The highest BCUT2D eigenvalue weighted by Gasteiger charge is 2.32. The fourth-order valence-electron chi connectivity index (χ4n) is 1.98. The topological polar surface area (TPSA) is 88.2 Å². The molecule has 1 fully saturated rings. The van der Waals surface area contributed by atoms with E-state index in [4.69, 9.17) is 14.5 Å². The number of nitrogens with one attached hydrogen (secondary N) is 1. The molecule has 21 heavy (non-hydrogen) atoms. The highest BCUT2D eigenvalue weighted by Crippen LogP contribution is 2.42. The van der Waals surface area contributed by atoms with Crippen molar-refractivity contribution in [2.24, 2.45) is 0 Å². The van der Waals surface area contributed by atoms with Crippen molar-refractivity contribution in [2.45, 2.75) is 25.4 Å². The summed E-state index contributed by atoms with van der Waals surface area (Å²) in [7, 11) is 0. The molecule has 0 unspecified atom stereocenters. The average Bonchev–Trinajstić information content (AvgIpc) is 3.28. The van der Waals surface area contributed by atoms with Crippen LogP contribution in [0.15, 0.2) is 34.9 Å². The zero-order valence-corrected chi connectivity index (χ0v) is 11.2. The number of hydrogen-bond donors (Lipinski definition) is 1. The molecule has 1 aromatic carbocycles. The third-order valence-corrected chi connectivity index (χ3v) is 3.22. The molecule has 1 heterocycles. The molecule has 0 aliphatic heterocycles. The van der Waals surface area contributed by atoms with E-state index in [2.05, 4.69) is 10.5 Å². The fourth-order valence-corrected chi connectivity index (χ4v) is 1.98. The summed E-state index contributed by atoms with van der Waals surface area (Å²) in [6, 6.07) is 11.3. The van der Waals surface area contributed by atoms with Gasteiger partial charge in [-0.1, -0.05) is 35.5 Å². The van der Waals surface area contributed by atoms with Crippen LogP contribution in [0.5, 0.6) is 0 Å². The number of rotatable bonds is 4. The molecule has 3 rings (SSSR count). The molecule has 1 aliphatic rings. The number of amides is 1. The molecule has 1 aliphatic carbocycles. The zero-order valence-electron chi connectivity index (χ0n) is 11.2. The van der Waals surface area contributed by atoms with E-state index in [-0.39, 0.29) is 24.0 Å². The van der Waals surface area contributed by atoms with E-state index in [1.54, 1.807) is 0 Å². The predicted molar refractivity (Wildman–Crippen MR) is 73.4 cm³/mol. The van der Waals surface area contributed by atoms with Gasteiger partial charge in [-0.2, -0.15) is 5.26 Å². The van der Waals surface area contributed by atoms with E-state index in [9.17, 15) is 4.79 Å². The number of benzene rings is 1. The third kappa shape index (κ3) is 3.03. The molecule has 6 nitrogen and oxygen atoms in total. The Bertz CT molecular complexity index is 684. The summed E-state index contributed by atoms with van der Waals surface area (Å²) in [5.74, 6) is 0.330. The van der Waals surface area contributed by atoms with Gasteiger partial charge in [0, 0.05) is 5.92 Å². The van der Waals surface area contributed by atoms with Crippen LogP contribution in [0.2, 0.25) is 0 Å². The molecular weight excluding hydrogens is 270 g/mol. The number of nitriles is 1. The van der Waals surface area contributed by atoms with E-state index in [1.807, 2.05) is 36.4 Å². The van der Waals surface area contributed by atoms with Crippen molar-refractivity contribution in [3.63, 3.8) is 0 Å². The maximum Gasteiger partial charge on any atom is 0.414 e. The zero-order chi connectivity index (χ0) is 14.7. The van der Waals surface area contributed by atoms with Gasteiger partial charge in [0.25, 0.3) is 5.88 Å². The van der Waals surface area contributed by atoms with Gasteiger partial charge in [-0.3, -0.25) is 5.32 Å². The van der Waals surface area contributed by atoms with Crippen LogP contribution in [0, 0.1) is 11.3 Å². The second-order valence-corrected chi connectivity index (χ2v) is 4.84. The molecule has 1 N–H and O–H groups in total. The van der Waals surface area contributed by atoms with Gasteiger partial charge >= 0.3 is 6.09 Å². The first-order chi connectivity index (χ1) is 10.3. The number of nitrogens with zero attached hydrogens (tertiary/aromatic N) is 2. The van der Waals surface area contributed by atoms with Crippen molar-refractivity contribution in [2.75, 3.05) is 5.32 Å². The minimum Gasteiger partial charge on any atom is -0.444 e. The van der Waals surface area contributed by atoms with E-state index in [0.29, 0.717) is 5.69 Å². The lowest BCUT2D eigenvalue weighted by Crippen LogP contribution is -2.13. The first-order valence-corrected chi connectivity index (χ1v) is 6.65. The molecule has 106 valence electrons. The number of carbonyl (C=O) groups is 1. The number of ether oxygens (including phenoxy) is 1. The summed E-state index contributed by atoms with van der Waals surface area (Å²) in [5.41, 5.74) is 1.79. The maximum atomic E-state index is 11.7. The Hall–Kier alpha value is -2.81. The monoisotopic (exact) mass is 283 g/mol. The molecule has 0 saturated heterocycles. The summed E-state index contributed by atoms with van der Waals surface area (Å²) in [5, 5.41) is 15.4. The molecular formula is C15H13N3O3. The first kappa shape index (κ1) is 13.2. The maximum absolute atomic E-state index is 11.7. The Morgan fingerprint density at radius 3 is 2.86 bits per heavy atom. The van der Waals surface area contributed by atoms with Crippen LogP contribution in [0.1, 0.15) is 35.6 Å². The van der Waals surface area contributed by atoms with E-state index in [0.717, 1.165) is 18.4 Å². The third-order valence-electron chi connectivity index (χ3n) is 3.22. The van der Waals surface area contributed by atoms with Crippen molar-refractivity contribution >= 4 is 12.0 Å². The lowest BCUT2D eigenvalue weighted by atomic mass is 10.2. The molecule has 1 saturated carbocycles. The Labute approximate surface area is 121 Å². The standard InChI is InChI=1S/C15H13N3O3/c16-8-12-13(11-6-7-11)18-21-14(12)17-15(19)20-9-10-4-2-1-3-5-10/h1-5,11H,6-7,9H2,(H,17,19). The molecule has 0 spiro atoms. The van der Waals surface area contributed by atoms with Gasteiger partial charge in [0.15, 0.2) is 0 Å². The van der Waals surface area contributed by atoms with Gasteiger partial charge < -0.3 is 9.26 Å². The highest BCUT2D eigenvalue weighted by atomic mass is 16.6. The SMILES string of the molecule is N#Cc1c(C2CC2)noc1NC(=O)OCc1ccccc1. The largest absolute Gasteiger partial charge is 0.444 e. The number of hydrogen-bond acceptors (Lipinski definition) is 5. The first-order valence-electron chi connectivity index (χ1n) is 6.65. The average molecular weight is 283 g/mol. The lowest BCUT2D eigenvalue weighted by molar-refractivity contribution is 0.154. The predicted octanol–water partition coefficient (Wildman–Crippen LogP) is 3.17. The summed E-state index contributed by atoms with van der Waals surface area (Å²) < 4.78 is 10.1. The fraction of sp³-hybridized carbons (Fsp3) is 0.267. The van der Waals surface area contributed by atoms with Crippen molar-refractivity contribution < 1.29 is 14.1 Å². The smallest absolute Gasteiger partial charge is 0.414 e. The minimum atomic E-state index is -0.672. The van der Waals surface area contributed by atoms with Crippen molar-refractivity contribution in [3.05, 3.63) is 47.2 Å². The molecule has 1 amide bonds. The van der Waals surface area contributed by atoms with Gasteiger partial charge in [-0.25, -0.2) is 4.79 Å². The Balaban J connectivity index is 1.61. The second-order valence-electron chi connectivity index (χ2n) is 4.84. The van der Waals surface area contributed by atoms with E-state index < -0.39 is 6.09 Å². The van der Waals surface area contributed by atoms with Crippen LogP contribution in [0.25, 0.3) is 0 Å². The number of aromatic nitrogens is 1. The van der Waals surface area contributed by atoms with Crippen LogP contribution in [-0.4, -0.2) is 11.2 Å². The summed E-state index contributed by atoms with van der Waals surface area (Å²) in [6.45, 7) is 0.151. The van der Waals surface area contributed by atoms with Gasteiger partial charge in [0.2, 0.25) is 0 Å². The van der Waals surface area contributed by atoms with Crippen LogP contribution in [-0.2, 0) is 11.3 Å². The second kappa shape index (κ2) is 5.67. The Kier molecular flexibility index (Phi) is 3.56. The van der Waals surface area contributed by atoms with Crippen LogP contribution < -0.4 is 5.32 Å².